The van der Waals surface area contributed by atoms with Crippen LogP contribution in [0.25, 0.3) is 16.7 Å². The number of hydrogen-bond donors (Lipinski definition) is 1. The fraction of sp³-hybridized carbons (Fsp3) is 0.435. The average molecular weight is 385 g/mol. The molecule has 1 aliphatic carbocycles. The summed E-state index contributed by atoms with van der Waals surface area (Å²) in [6.07, 6.45) is 5.77. The van der Waals surface area contributed by atoms with Gasteiger partial charge in [-0.15, -0.1) is 0 Å². The average Bonchev–Trinajstić information content (AvgIpc) is 3.45. The number of benzene rings is 1. The summed E-state index contributed by atoms with van der Waals surface area (Å²) >= 11 is 0. The predicted octanol–water partition coefficient (Wildman–Crippen LogP) is 2.95. The lowest BCUT2D eigenvalue weighted by molar-refractivity contribution is -0.128. The first-order chi connectivity index (χ1) is 14.2. The predicted molar refractivity (Wildman–Crippen MR) is 111 cm³/mol. The number of nitrogens with zero attached hydrogens (tertiary/aromatic N) is 4. The van der Waals surface area contributed by atoms with Gasteiger partial charge in [0, 0.05) is 19.6 Å². The number of imidazole rings is 1. The molecule has 2 fully saturated rings. The lowest BCUT2D eigenvalue weighted by atomic mass is 9.77. The summed E-state index contributed by atoms with van der Waals surface area (Å²) in [6.45, 7) is 2.54. The van der Waals surface area contributed by atoms with E-state index < -0.39 is 0 Å². The largest absolute Gasteiger partial charge is 0.357 e. The van der Waals surface area contributed by atoms with Gasteiger partial charge in [0.2, 0.25) is 5.91 Å². The maximum atomic E-state index is 12.4. The van der Waals surface area contributed by atoms with Gasteiger partial charge in [-0.2, -0.15) is 5.26 Å². The number of anilines is 1. The van der Waals surface area contributed by atoms with Crippen molar-refractivity contribution >= 4 is 28.4 Å². The van der Waals surface area contributed by atoms with E-state index in [0.29, 0.717) is 0 Å². The molecule has 6 nitrogen and oxygen atoms in total. The first-order valence-electron chi connectivity index (χ1n) is 10.6. The van der Waals surface area contributed by atoms with Crippen LogP contribution in [0.5, 0.6) is 0 Å². The molecule has 1 spiro atoms. The first-order valence-corrected chi connectivity index (χ1v) is 10.6. The third-order valence-corrected chi connectivity index (χ3v) is 7.29. The molecule has 29 heavy (non-hydrogen) atoms. The SMILES string of the molecule is N#Cc1c2c(c(N3CCC4(CCNC4=O)CC3)n3c1nc1ccccc13)CCC2. The normalized spacial score (nSPS) is 20.4. The number of carbonyl (C=O) groups is 1. The number of para-hydroxylation sites is 2. The van der Waals surface area contributed by atoms with Gasteiger partial charge in [-0.3, -0.25) is 9.20 Å². The van der Waals surface area contributed by atoms with E-state index in [-0.39, 0.29) is 11.3 Å². The molecular weight excluding hydrogens is 362 g/mol. The summed E-state index contributed by atoms with van der Waals surface area (Å²) in [6, 6.07) is 10.6. The van der Waals surface area contributed by atoms with Crippen molar-refractivity contribution in [2.45, 2.75) is 38.5 Å². The van der Waals surface area contributed by atoms with Crippen molar-refractivity contribution in [1.82, 2.24) is 14.7 Å². The van der Waals surface area contributed by atoms with Gasteiger partial charge in [0.1, 0.15) is 11.9 Å². The van der Waals surface area contributed by atoms with E-state index in [9.17, 15) is 10.1 Å². The second-order valence-electron chi connectivity index (χ2n) is 8.65. The topological polar surface area (TPSA) is 73.4 Å². The van der Waals surface area contributed by atoms with Crippen molar-refractivity contribution < 1.29 is 4.79 Å². The molecule has 4 heterocycles. The molecule has 6 heteroatoms. The Kier molecular flexibility index (Phi) is 3.46. The Morgan fingerprint density at radius 1 is 1.10 bits per heavy atom. The van der Waals surface area contributed by atoms with Crippen molar-refractivity contribution in [1.29, 1.82) is 5.26 Å². The molecule has 0 radical (unpaired) electrons. The molecule has 1 aromatic carbocycles. The van der Waals surface area contributed by atoms with E-state index in [1.54, 1.807) is 0 Å². The van der Waals surface area contributed by atoms with Crippen molar-refractivity contribution in [3.8, 4) is 6.07 Å². The number of aromatic nitrogens is 2. The Morgan fingerprint density at radius 2 is 1.90 bits per heavy atom. The van der Waals surface area contributed by atoms with Crippen LogP contribution < -0.4 is 10.2 Å². The number of rotatable bonds is 1. The number of nitriles is 1. The molecule has 3 aliphatic rings. The minimum absolute atomic E-state index is 0.178. The Bertz CT molecular complexity index is 1210. The van der Waals surface area contributed by atoms with Crippen LogP contribution in [0.4, 0.5) is 5.82 Å². The monoisotopic (exact) mass is 385 g/mol. The van der Waals surface area contributed by atoms with Crippen molar-refractivity contribution in [2.75, 3.05) is 24.5 Å². The molecule has 0 unspecified atom stereocenters. The van der Waals surface area contributed by atoms with Crippen LogP contribution in [-0.2, 0) is 17.6 Å². The van der Waals surface area contributed by atoms with Crippen LogP contribution >= 0.6 is 0 Å². The van der Waals surface area contributed by atoms with Gasteiger partial charge >= 0.3 is 0 Å². The number of amides is 1. The van der Waals surface area contributed by atoms with Gasteiger partial charge in [0.15, 0.2) is 5.65 Å². The van der Waals surface area contributed by atoms with E-state index in [0.717, 1.165) is 80.4 Å². The zero-order valence-electron chi connectivity index (χ0n) is 16.4. The molecule has 3 aromatic rings. The number of hydrogen-bond acceptors (Lipinski definition) is 4. The maximum absolute atomic E-state index is 12.4. The summed E-state index contributed by atoms with van der Waals surface area (Å²) < 4.78 is 2.21. The number of piperidine rings is 1. The zero-order valence-corrected chi connectivity index (χ0v) is 16.4. The molecule has 1 N–H and O–H groups in total. The highest BCUT2D eigenvalue weighted by Crippen LogP contribution is 2.43. The van der Waals surface area contributed by atoms with Crippen molar-refractivity contribution in [2.24, 2.45) is 5.41 Å². The van der Waals surface area contributed by atoms with Gasteiger partial charge in [0.05, 0.1) is 22.0 Å². The van der Waals surface area contributed by atoms with Crippen molar-refractivity contribution in [3.05, 3.63) is 41.0 Å². The van der Waals surface area contributed by atoms with E-state index in [4.69, 9.17) is 4.98 Å². The summed E-state index contributed by atoms with van der Waals surface area (Å²) in [5.74, 6) is 1.44. The Hall–Kier alpha value is -3.07. The van der Waals surface area contributed by atoms with Crippen LogP contribution in [0.1, 0.15) is 42.4 Å². The quantitative estimate of drug-likeness (QED) is 0.699. The molecular formula is C23H23N5O. The van der Waals surface area contributed by atoms with E-state index in [1.165, 1.54) is 16.9 Å². The number of pyridine rings is 1. The smallest absolute Gasteiger partial charge is 0.226 e. The fourth-order valence-electron chi connectivity index (χ4n) is 5.73. The molecule has 6 rings (SSSR count). The highest BCUT2D eigenvalue weighted by Gasteiger charge is 2.45. The Morgan fingerprint density at radius 3 is 2.66 bits per heavy atom. The molecule has 0 saturated carbocycles. The molecule has 2 saturated heterocycles. The first kappa shape index (κ1) is 16.8. The molecule has 0 atom stereocenters. The van der Waals surface area contributed by atoms with E-state index in [1.807, 2.05) is 18.2 Å². The minimum atomic E-state index is -0.178. The van der Waals surface area contributed by atoms with Gasteiger partial charge in [-0.1, -0.05) is 12.1 Å². The van der Waals surface area contributed by atoms with Crippen LogP contribution in [0.15, 0.2) is 24.3 Å². The lowest BCUT2D eigenvalue weighted by Crippen LogP contribution is -2.44. The van der Waals surface area contributed by atoms with Crippen LogP contribution in [0.2, 0.25) is 0 Å². The van der Waals surface area contributed by atoms with Crippen molar-refractivity contribution in [3.63, 3.8) is 0 Å². The standard InChI is InChI=1S/C23H23N5O/c24-14-17-15-4-3-5-16(15)21(28-19-7-2-1-6-18(19)26-20(17)28)27-12-9-23(10-13-27)8-11-25-22(23)29/h1-2,6-7H,3-5,8-13H2,(H,25,29). The summed E-state index contributed by atoms with van der Waals surface area (Å²) in [7, 11) is 0. The lowest BCUT2D eigenvalue weighted by Gasteiger charge is -2.39. The number of carbonyl (C=O) groups excluding carboxylic acids is 1. The Balaban J connectivity index is 1.55. The number of nitrogens with one attached hydrogen (secondary N) is 1. The fourth-order valence-corrected chi connectivity index (χ4v) is 5.73. The molecule has 146 valence electrons. The van der Waals surface area contributed by atoms with Crippen LogP contribution in [0.3, 0.4) is 0 Å². The second-order valence-corrected chi connectivity index (χ2v) is 8.65. The highest BCUT2D eigenvalue weighted by atomic mass is 16.2. The summed E-state index contributed by atoms with van der Waals surface area (Å²) in [4.78, 5) is 19.7. The second kappa shape index (κ2) is 5.96. The summed E-state index contributed by atoms with van der Waals surface area (Å²) in [5, 5.41) is 13.0. The van der Waals surface area contributed by atoms with Gasteiger partial charge in [-0.05, 0) is 61.8 Å². The Labute approximate surface area is 169 Å². The van der Waals surface area contributed by atoms with Crippen LogP contribution in [0, 0.1) is 16.7 Å². The highest BCUT2D eigenvalue weighted by molar-refractivity contribution is 5.87. The van der Waals surface area contributed by atoms with Crippen LogP contribution in [-0.4, -0.2) is 34.9 Å². The molecule has 2 aromatic heterocycles. The molecule has 1 amide bonds. The minimum Gasteiger partial charge on any atom is -0.357 e. The summed E-state index contributed by atoms with van der Waals surface area (Å²) in [5.41, 5.74) is 5.82. The van der Waals surface area contributed by atoms with E-state index >= 15 is 0 Å². The third kappa shape index (κ3) is 2.21. The van der Waals surface area contributed by atoms with E-state index in [2.05, 4.69) is 26.8 Å². The third-order valence-electron chi connectivity index (χ3n) is 7.29. The molecule has 0 bridgehead atoms. The van der Waals surface area contributed by atoms with Gasteiger partial charge < -0.3 is 10.2 Å². The molecule has 2 aliphatic heterocycles. The van der Waals surface area contributed by atoms with Gasteiger partial charge in [-0.25, -0.2) is 4.98 Å². The maximum Gasteiger partial charge on any atom is 0.226 e. The zero-order chi connectivity index (χ0) is 19.6. The number of fused-ring (bicyclic) bond motifs is 4. The van der Waals surface area contributed by atoms with Gasteiger partial charge in [0.25, 0.3) is 0 Å².